The van der Waals surface area contributed by atoms with E-state index in [1.54, 1.807) is 18.2 Å². The molecule has 1 aromatic heterocycles. The second-order valence-corrected chi connectivity index (χ2v) is 6.41. The van der Waals surface area contributed by atoms with E-state index in [0.717, 1.165) is 28.1 Å². The van der Waals surface area contributed by atoms with Crippen molar-refractivity contribution in [2.45, 2.75) is 26.8 Å². The summed E-state index contributed by atoms with van der Waals surface area (Å²) in [6.07, 6.45) is 2.81. The third-order valence-corrected chi connectivity index (χ3v) is 4.39. The van der Waals surface area contributed by atoms with E-state index in [1.807, 2.05) is 45.0 Å². The molecule has 1 atom stereocenters. The van der Waals surface area contributed by atoms with Crippen LogP contribution in [0, 0.1) is 19.7 Å². The summed E-state index contributed by atoms with van der Waals surface area (Å²) in [6.45, 7) is 5.68. The standard InChI is InChI=1S/C22H21FN2O2/c1-14(24-21(26)12-11-17-7-4-5-10-20(17)23)18-8-6-9-19(13-18)22-15(2)25-27-16(22)3/h4-14H,1-3H3,(H,24,26)/b12-11-/t14-/m0/s1. The van der Waals surface area contributed by atoms with E-state index in [1.165, 1.54) is 18.2 Å². The van der Waals surface area contributed by atoms with Crippen molar-refractivity contribution in [2.24, 2.45) is 0 Å². The predicted octanol–water partition coefficient (Wildman–Crippen LogP) is 4.99. The molecule has 3 aromatic rings. The van der Waals surface area contributed by atoms with Gasteiger partial charge in [-0.2, -0.15) is 0 Å². The van der Waals surface area contributed by atoms with E-state index < -0.39 is 0 Å². The maximum Gasteiger partial charge on any atom is 0.244 e. The summed E-state index contributed by atoms with van der Waals surface area (Å²) >= 11 is 0. The van der Waals surface area contributed by atoms with E-state index in [4.69, 9.17) is 4.52 Å². The molecule has 0 radical (unpaired) electrons. The monoisotopic (exact) mass is 364 g/mol. The number of aromatic nitrogens is 1. The molecular formula is C22H21FN2O2. The molecule has 0 aliphatic heterocycles. The molecule has 1 heterocycles. The first-order chi connectivity index (χ1) is 13.0. The quantitative estimate of drug-likeness (QED) is 0.649. The lowest BCUT2D eigenvalue weighted by molar-refractivity contribution is -0.117. The van der Waals surface area contributed by atoms with Gasteiger partial charge in [0.15, 0.2) is 0 Å². The van der Waals surface area contributed by atoms with Crippen molar-refractivity contribution < 1.29 is 13.7 Å². The lowest BCUT2D eigenvalue weighted by Crippen LogP contribution is -2.24. The maximum atomic E-state index is 13.6. The van der Waals surface area contributed by atoms with Gasteiger partial charge in [0.25, 0.3) is 0 Å². The molecule has 0 fully saturated rings. The van der Waals surface area contributed by atoms with Gasteiger partial charge in [0.05, 0.1) is 11.7 Å². The minimum atomic E-state index is -0.359. The molecule has 0 spiro atoms. The van der Waals surface area contributed by atoms with Gasteiger partial charge in [-0.3, -0.25) is 4.79 Å². The summed E-state index contributed by atoms with van der Waals surface area (Å²) in [5.41, 5.74) is 4.12. The van der Waals surface area contributed by atoms with Gasteiger partial charge < -0.3 is 9.84 Å². The van der Waals surface area contributed by atoms with Crippen LogP contribution in [0.2, 0.25) is 0 Å². The number of amides is 1. The van der Waals surface area contributed by atoms with Gasteiger partial charge in [-0.1, -0.05) is 41.6 Å². The highest BCUT2D eigenvalue weighted by Crippen LogP contribution is 2.28. The molecule has 27 heavy (non-hydrogen) atoms. The van der Waals surface area contributed by atoms with Crippen LogP contribution in [0.1, 0.15) is 35.5 Å². The summed E-state index contributed by atoms with van der Waals surface area (Å²) in [5.74, 6) is 0.115. The van der Waals surface area contributed by atoms with Crippen molar-refractivity contribution >= 4 is 12.0 Å². The van der Waals surface area contributed by atoms with Gasteiger partial charge in [-0.15, -0.1) is 0 Å². The van der Waals surface area contributed by atoms with Crippen LogP contribution >= 0.6 is 0 Å². The maximum absolute atomic E-state index is 13.6. The summed E-state index contributed by atoms with van der Waals surface area (Å²) in [4.78, 5) is 12.2. The second-order valence-electron chi connectivity index (χ2n) is 6.41. The Hall–Kier alpha value is -3.21. The van der Waals surface area contributed by atoms with Crippen LogP contribution in [0.25, 0.3) is 17.2 Å². The molecule has 0 bridgehead atoms. The number of rotatable bonds is 5. The smallest absolute Gasteiger partial charge is 0.244 e. The van der Waals surface area contributed by atoms with Crippen LogP contribution in [-0.2, 0) is 4.79 Å². The minimum Gasteiger partial charge on any atom is -0.361 e. The average molecular weight is 364 g/mol. The second kappa shape index (κ2) is 7.99. The Labute approximate surface area is 157 Å². The van der Waals surface area contributed by atoms with E-state index in [-0.39, 0.29) is 17.8 Å². The fraction of sp³-hybridized carbons (Fsp3) is 0.182. The highest BCUT2D eigenvalue weighted by Gasteiger charge is 2.14. The van der Waals surface area contributed by atoms with Gasteiger partial charge in [0.1, 0.15) is 11.6 Å². The highest BCUT2D eigenvalue weighted by molar-refractivity contribution is 5.92. The normalized spacial score (nSPS) is 12.3. The molecule has 0 aliphatic rings. The number of nitrogens with one attached hydrogen (secondary N) is 1. The fourth-order valence-corrected chi connectivity index (χ4v) is 2.98. The first-order valence-electron chi connectivity index (χ1n) is 8.72. The van der Waals surface area contributed by atoms with Crippen LogP contribution in [0.4, 0.5) is 4.39 Å². The highest BCUT2D eigenvalue weighted by atomic mass is 19.1. The van der Waals surface area contributed by atoms with E-state index in [0.29, 0.717) is 5.56 Å². The molecule has 0 aliphatic carbocycles. The molecule has 1 N–H and O–H groups in total. The Morgan fingerprint density at radius 3 is 2.67 bits per heavy atom. The van der Waals surface area contributed by atoms with Crippen molar-refractivity contribution in [3.63, 3.8) is 0 Å². The van der Waals surface area contributed by atoms with Crippen LogP contribution in [-0.4, -0.2) is 11.1 Å². The van der Waals surface area contributed by atoms with Crippen molar-refractivity contribution in [3.05, 3.63) is 83.0 Å². The van der Waals surface area contributed by atoms with Crippen molar-refractivity contribution in [2.75, 3.05) is 0 Å². The number of benzene rings is 2. The predicted molar refractivity (Wildman–Crippen MR) is 103 cm³/mol. The number of carbonyl (C=O) groups excluding carboxylic acids is 1. The topological polar surface area (TPSA) is 55.1 Å². The molecule has 2 aromatic carbocycles. The van der Waals surface area contributed by atoms with Crippen molar-refractivity contribution in [3.8, 4) is 11.1 Å². The van der Waals surface area contributed by atoms with Gasteiger partial charge in [0, 0.05) is 17.2 Å². The Balaban J connectivity index is 1.73. The number of hydrogen-bond acceptors (Lipinski definition) is 3. The lowest BCUT2D eigenvalue weighted by atomic mass is 9.99. The Kier molecular flexibility index (Phi) is 5.50. The number of hydrogen-bond donors (Lipinski definition) is 1. The third-order valence-electron chi connectivity index (χ3n) is 4.39. The number of halogens is 1. The molecule has 0 saturated heterocycles. The zero-order valence-electron chi connectivity index (χ0n) is 15.5. The first-order valence-corrected chi connectivity index (χ1v) is 8.72. The number of carbonyl (C=O) groups is 1. The molecule has 138 valence electrons. The van der Waals surface area contributed by atoms with Gasteiger partial charge in [-0.25, -0.2) is 4.39 Å². The van der Waals surface area contributed by atoms with E-state index in [2.05, 4.69) is 10.5 Å². The number of aryl methyl sites for hydroxylation is 2. The molecule has 0 unspecified atom stereocenters. The van der Waals surface area contributed by atoms with Crippen molar-refractivity contribution in [1.82, 2.24) is 10.5 Å². The van der Waals surface area contributed by atoms with Gasteiger partial charge in [-0.05, 0) is 50.1 Å². The van der Waals surface area contributed by atoms with Crippen LogP contribution in [0.5, 0.6) is 0 Å². The Morgan fingerprint density at radius 1 is 1.19 bits per heavy atom. The average Bonchev–Trinajstić information content (AvgIpc) is 2.99. The molecule has 5 heteroatoms. The van der Waals surface area contributed by atoms with E-state index >= 15 is 0 Å². The Bertz CT molecular complexity index is 972. The zero-order valence-corrected chi connectivity index (χ0v) is 15.5. The summed E-state index contributed by atoms with van der Waals surface area (Å²) in [6, 6.07) is 14.0. The van der Waals surface area contributed by atoms with Crippen molar-refractivity contribution in [1.29, 1.82) is 0 Å². The summed E-state index contributed by atoms with van der Waals surface area (Å²) in [5, 5.41) is 6.89. The minimum absolute atomic E-state index is 0.205. The first kappa shape index (κ1) is 18.6. The summed E-state index contributed by atoms with van der Waals surface area (Å²) < 4.78 is 18.9. The SMILES string of the molecule is Cc1noc(C)c1-c1cccc([C@H](C)NC(=O)/C=C\c2ccccc2F)c1. The van der Waals surface area contributed by atoms with Crippen LogP contribution in [0.15, 0.2) is 59.1 Å². The molecule has 3 rings (SSSR count). The number of nitrogens with zero attached hydrogens (tertiary/aromatic N) is 1. The van der Waals surface area contributed by atoms with E-state index in [9.17, 15) is 9.18 Å². The molecule has 0 saturated carbocycles. The molecular weight excluding hydrogens is 343 g/mol. The summed E-state index contributed by atoms with van der Waals surface area (Å²) in [7, 11) is 0. The Morgan fingerprint density at radius 2 is 1.96 bits per heavy atom. The van der Waals surface area contributed by atoms with Gasteiger partial charge in [0.2, 0.25) is 5.91 Å². The lowest BCUT2D eigenvalue weighted by Gasteiger charge is -2.14. The third kappa shape index (κ3) is 4.31. The largest absolute Gasteiger partial charge is 0.361 e. The van der Waals surface area contributed by atoms with Crippen LogP contribution < -0.4 is 5.32 Å². The van der Waals surface area contributed by atoms with Gasteiger partial charge >= 0.3 is 0 Å². The van der Waals surface area contributed by atoms with Crippen LogP contribution in [0.3, 0.4) is 0 Å². The fourth-order valence-electron chi connectivity index (χ4n) is 2.98. The zero-order chi connectivity index (χ0) is 19.4. The molecule has 1 amide bonds. The molecule has 4 nitrogen and oxygen atoms in total.